The fraction of sp³-hybridized carbons (Fsp3) is 0.368. The standard InChI is InChI=1S/C19H23N3O3S2/c1-13-9-14(2)21-19(20-13)27-12-17(23)22-16(18(24)25-3)11-26-10-15-7-5-4-6-8-15/h4-9,16H,10-12H2,1-3H3,(H,22,23). The van der Waals surface area contributed by atoms with Gasteiger partial charge in [-0.1, -0.05) is 42.1 Å². The van der Waals surface area contributed by atoms with Gasteiger partial charge in [-0.25, -0.2) is 14.8 Å². The van der Waals surface area contributed by atoms with Crippen molar-refractivity contribution in [3.05, 3.63) is 53.3 Å². The van der Waals surface area contributed by atoms with Crippen molar-refractivity contribution in [1.82, 2.24) is 15.3 Å². The highest BCUT2D eigenvalue weighted by Crippen LogP contribution is 2.15. The van der Waals surface area contributed by atoms with Crippen LogP contribution in [0, 0.1) is 13.8 Å². The number of nitrogens with zero attached hydrogens (tertiary/aromatic N) is 2. The number of thioether (sulfide) groups is 2. The molecule has 0 aliphatic carbocycles. The molecule has 0 spiro atoms. The predicted octanol–water partition coefficient (Wildman–Crippen LogP) is 2.78. The molecule has 1 amide bonds. The van der Waals surface area contributed by atoms with E-state index in [1.165, 1.54) is 24.4 Å². The van der Waals surface area contributed by atoms with Crippen molar-refractivity contribution in [2.75, 3.05) is 18.6 Å². The third-order valence-corrected chi connectivity index (χ3v) is 5.46. The van der Waals surface area contributed by atoms with Crippen LogP contribution in [-0.2, 0) is 20.1 Å². The van der Waals surface area contributed by atoms with Crippen LogP contribution in [0.2, 0.25) is 0 Å². The van der Waals surface area contributed by atoms with Gasteiger partial charge in [0.05, 0.1) is 12.9 Å². The first-order valence-electron chi connectivity index (χ1n) is 8.42. The van der Waals surface area contributed by atoms with Crippen LogP contribution < -0.4 is 5.32 Å². The molecule has 1 N–H and O–H groups in total. The fourth-order valence-corrected chi connectivity index (χ4v) is 4.07. The highest BCUT2D eigenvalue weighted by molar-refractivity contribution is 7.99. The van der Waals surface area contributed by atoms with Crippen LogP contribution in [0.25, 0.3) is 0 Å². The van der Waals surface area contributed by atoms with Crippen molar-refractivity contribution >= 4 is 35.4 Å². The molecule has 2 rings (SSSR count). The molecule has 0 saturated carbocycles. The summed E-state index contributed by atoms with van der Waals surface area (Å²) in [5.74, 6) is 0.641. The zero-order valence-corrected chi connectivity index (χ0v) is 17.2. The molecule has 0 aliphatic heterocycles. The Morgan fingerprint density at radius 3 is 2.44 bits per heavy atom. The molecule has 8 heteroatoms. The molecule has 0 fully saturated rings. The number of aromatic nitrogens is 2. The van der Waals surface area contributed by atoms with Crippen molar-refractivity contribution < 1.29 is 14.3 Å². The minimum absolute atomic E-state index is 0.139. The van der Waals surface area contributed by atoms with Gasteiger partial charge in [-0.05, 0) is 25.5 Å². The molecule has 27 heavy (non-hydrogen) atoms. The van der Waals surface area contributed by atoms with Gasteiger partial charge in [0.2, 0.25) is 5.91 Å². The van der Waals surface area contributed by atoms with E-state index in [0.717, 1.165) is 17.1 Å². The number of amides is 1. The highest BCUT2D eigenvalue weighted by Gasteiger charge is 2.21. The number of nitrogens with one attached hydrogen (secondary N) is 1. The normalized spacial score (nSPS) is 11.7. The highest BCUT2D eigenvalue weighted by atomic mass is 32.2. The molecule has 1 unspecified atom stereocenters. The Kier molecular flexibility index (Phi) is 8.60. The van der Waals surface area contributed by atoms with E-state index in [-0.39, 0.29) is 11.7 Å². The Morgan fingerprint density at radius 2 is 1.81 bits per heavy atom. The van der Waals surface area contributed by atoms with E-state index in [4.69, 9.17) is 4.74 Å². The summed E-state index contributed by atoms with van der Waals surface area (Å²) in [6, 6.07) is 11.2. The van der Waals surface area contributed by atoms with E-state index in [1.807, 2.05) is 50.2 Å². The molecule has 0 aliphatic rings. The molecule has 2 aromatic rings. The quantitative estimate of drug-likeness (QED) is 0.390. The minimum atomic E-state index is -0.683. The molecule has 6 nitrogen and oxygen atoms in total. The van der Waals surface area contributed by atoms with Crippen molar-refractivity contribution in [2.45, 2.75) is 30.8 Å². The molecule has 144 valence electrons. The Hall–Kier alpha value is -2.06. The van der Waals surface area contributed by atoms with Crippen LogP contribution >= 0.6 is 23.5 Å². The SMILES string of the molecule is COC(=O)C(CSCc1ccccc1)NC(=O)CSc1nc(C)cc(C)n1. The van der Waals surface area contributed by atoms with Crippen LogP contribution in [0.5, 0.6) is 0 Å². The van der Waals surface area contributed by atoms with Gasteiger partial charge < -0.3 is 10.1 Å². The first-order chi connectivity index (χ1) is 13.0. The summed E-state index contributed by atoms with van der Waals surface area (Å²) in [6.07, 6.45) is 0. The molecule has 1 heterocycles. The van der Waals surface area contributed by atoms with E-state index in [2.05, 4.69) is 15.3 Å². The summed E-state index contributed by atoms with van der Waals surface area (Å²) >= 11 is 2.82. The van der Waals surface area contributed by atoms with E-state index in [1.54, 1.807) is 11.8 Å². The first kappa shape index (κ1) is 21.2. The Morgan fingerprint density at radius 1 is 1.15 bits per heavy atom. The van der Waals surface area contributed by atoms with Crippen molar-refractivity contribution in [3.63, 3.8) is 0 Å². The van der Waals surface area contributed by atoms with Gasteiger partial charge in [0.25, 0.3) is 0 Å². The number of rotatable bonds is 9. The second-order valence-electron chi connectivity index (χ2n) is 5.87. The predicted molar refractivity (Wildman–Crippen MR) is 109 cm³/mol. The van der Waals surface area contributed by atoms with Gasteiger partial charge in [0, 0.05) is 22.9 Å². The summed E-state index contributed by atoms with van der Waals surface area (Å²) in [4.78, 5) is 32.8. The summed E-state index contributed by atoms with van der Waals surface area (Å²) in [7, 11) is 1.32. The van der Waals surface area contributed by atoms with Crippen LogP contribution in [0.3, 0.4) is 0 Å². The van der Waals surface area contributed by atoms with Crippen LogP contribution in [0.1, 0.15) is 17.0 Å². The zero-order chi connectivity index (χ0) is 19.6. The summed E-state index contributed by atoms with van der Waals surface area (Å²) < 4.78 is 4.81. The molecule has 1 aromatic heterocycles. The van der Waals surface area contributed by atoms with E-state index >= 15 is 0 Å². The summed E-state index contributed by atoms with van der Waals surface area (Å²) in [5, 5.41) is 3.29. The van der Waals surface area contributed by atoms with Crippen LogP contribution in [0.4, 0.5) is 0 Å². The first-order valence-corrected chi connectivity index (χ1v) is 10.6. The van der Waals surface area contributed by atoms with E-state index < -0.39 is 12.0 Å². The van der Waals surface area contributed by atoms with Crippen molar-refractivity contribution in [1.29, 1.82) is 0 Å². The van der Waals surface area contributed by atoms with E-state index in [9.17, 15) is 9.59 Å². The average molecular weight is 406 g/mol. The average Bonchev–Trinajstić information content (AvgIpc) is 2.65. The number of carbonyl (C=O) groups is 2. The lowest BCUT2D eigenvalue weighted by molar-refractivity contribution is -0.144. The molecule has 1 atom stereocenters. The Bertz CT molecular complexity index is 752. The largest absolute Gasteiger partial charge is 0.467 e. The maximum absolute atomic E-state index is 12.2. The lowest BCUT2D eigenvalue weighted by Crippen LogP contribution is -2.44. The number of hydrogen-bond acceptors (Lipinski definition) is 7. The third kappa shape index (κ3) is 7.60. The molecule has 0 saturated heterocycles. The number of methoxy groups -OCH3 is 1. The van der Waals surface area contributed by atoms with Gasteiger partial charge in [-0.15, -0.1) is 0 Å². The number of ether oxygens (including phenoxy) is 1. The smallest absolute Gasteiger partial charge is 0.329 e. The van der Waals surface area contributed by atoms with Gasteiger partial charge in [0.15, 0.2) is 5.16 Å². The van der Waals surface area contributed by atoms with Crippen LogP contribution in [-0.4, -0.2) is 46.5 Å². The molecule has 0 bridgehead atoms. The number of hydrogen-bond donors (Lipinski definition) is 1. The number of carbonyl (C=O) groups excluding carboxylic acids is 2. The second-order valence-corrected chi connectivity index (χ2v) is 7.84. The van der Waals surface area contributed by atoms with Crippen molar-refractivity contribution in [3.8, 4) is 0 Å². The molecule has 0 radical (unpaired) electrons. The van der Waals surface area contributed by atoms with Crippen LogP contribution in [0.15, 0.2) is 41.6 Å². The second kappa shape index (κ2) is 10.9. The number of aryl methyl sites for hydroxylation is 2. The topological polar surface area (TPSA) is 81.2 Å². The van der Waals surface area contributed by atoms with E-state index in [0.29, 0.717) is 10.9 Å². The zero-order valence-electron chi connectivity index (χ0n) is 15.6. The number of esters is 1. The van der Waals surface area contributed by atoms with Gasteiger partial charge in [-0.3, -0.25) is 4.79 Å². The van der Waals surface area contributed by atoms with Gasteiger partial charge in [0.1, 0.15) is 6.04 Å². The molecular weight excluding hydrogens is 382 g/mol. The monoisotopic (exact) mass is 405 g/mol. The number of benzene rings is 1. The summed E-state index contributed by atoms with van der Waals surface area (Å²) in [6.45, 7) is 3.77. The lowest BCUT2D eigenvalue weighted by atomic mass is 10.2. The van der Waals surface area contributed by atoms with Crippen molar-refractivity contribution in [2.24, 2.45) is 0 Å². The Balaban J connectivity index is 1.84. The van der Waals surface area contributed by atoms with Gasteiger partial charge in [-0.2, -0.15) is 11.8 Å². The Labute approximate surface area is 167 Å². The summed E-state index contributed by atoms with van der Waals surface area (Å²) in [5.41, 5.74) is 2.88. The maximum Gasteiger partial charge on any atom is 0.329 e. The maximum atomic E-state index is 12.2. The van der Waals surface area contributed by atoms with Gasteiger partial charge >= 0.3 is 5.97 Å². The third-order valence-electron chi connectivity index (χ3n) is 3.51. The fourth-order valence-electron chi connectivity index (χ4n) is 2.30. The minimum Gasteiger partial charge on any atom is -0.467 e. The molecule has 1 aromatic carbocycles. The lowest BCUT2D eigenvalue weighted by Gasteiger charge is -2.16. The molecular formula is C19H23N3O3S2.